The summed E-state index contributed by atoms with van der Waals surface area (Å²) in [6.45, 7) is 1.35. The Morgan fingerprint density at radius 3 is 3.11 bits per heavy atom. The molecule has 98 valence electrons. The van der Waals surface area contributed by atoms with E-state index in [0.717, 1.165) is 18.7 Å². The van der Waals surface area contributed by atoms with Crippen molar-refractivity contribution in [1.29, 1.82) is 0 Å². The molecule has 19 heavy (non-hydrogen) atoms. The zero-order valence-corrected chi connectivity index (χ0v) is 10.2. The van der Waals surface area contributed by atoms with E-state index in [9.17, 15) is 9.18 Å². The van der Waals surface area contributed by atoms with Crippen molar-refractivity contribution in [3.63, 3.8) is 0 Å². The lowest BCUT2D eigenvalue weighted by Gasteiger charge is -2.16. The van der Waals surface area contributed by atoms with Crippen LogP contribution in [0.1, 0.15) is 11.3 Å². The number of fused-ring (bicyclic) bond motifs is 1. The number of benzene rings is 1. The summed E-state index contributed by atoms with van der Waals surface area (Å²) < 4.78 is 13.1. The zero-order valence-electron chi connectivity index (χ0n) is 10.2. The van der Waals surface area contributed by atoms with Gasteiger partial charge in [0.2, 0.25) is 5.95 Å². The molecule has 3 rings (SSSR count). The molecule has 6 heteroatoms. The number of hydrogen-bond acceptors (Lipinski definition) is 4. The highest BCUT2D eigenvalue weighted by Gasteiger charge is 2.15. The third-order valence-electron chi connectivity index (χ3n) is 3.03. The van der Waals surface area contributed by atoms with Crippen molar-refractivity contribution in [2.24, 2.45) is 0 Å². The quantitative estimate of drug-likeness (QED) is 0.761. The van der Waals surface area contributed by atoms with Crippen LogP contribution >= 0.6 is 0 Å². The molecule has 1 aliphatic rings. The Balaban J connectivity index is 1.94. The zero-order chi connectivity index (χ0) is 13.2. The van der Waals surface area contributed by atoms with Crippen molar-refractivity contribution < 1.29 is 4.39 Å². The highest BCUT2D eigenvalue weighted by atomic mass is 19.1. The predicted octanol–water partition coefficient (Wildman–Crippen LogP) is 1.30. The van der Waals surface area contributed by atoms with Gasteiger partial charge in [-0.2, -0.15) is 0 Å². The molecule has 5 nitrogen and oxygen atoms in total. The summed E-state index contributed by atoms with van der Waals surface area (Å²) in [7, 11) is 0. The van der Waals surface area contributed by atoms with E-state index < -0.39 is 0 Å². The maximum Gasteiger partial charge on any atom is 0.257 e. The molecular weight excluding hydrogens is 247 g/mol. The second-order valence-corrected chi connectivity index (χ2v) is 4.40. The van der Waals surface area contributed by atoms with Crippen LogP contribution in [0.25, 0.3) is 0 Å². The Morgan fingerprint density at radius 2 is 2.26 bits per heavy atom. The van der Waals surface area contributed by atoms with Gasteiger partial charge in [-0.1, -0.05) is 6.07 Å². The van der Waals surface area contributed by atoms with Crippen molar-refractivity contribution in [3.05, 3.63) is 51.7 Å². The van der Waals surface area contributed by atoms with Crippen LogP contribution in [0.15, 0.2) is 29.1 Å². The van der Waals surface area contributed by atoms with E-state index in [0.29, 0.717) is 23.7 Å². The van der Waals surface area contributed by atoms with Gasteiger partial charge in [-0.3, -0.25) is 9.78 Å². The topological polar surface area (TPSA) is 69.8 Å². The molecule has 0 saturated carbocycles. The van der Waals surface area contributed by atoms with Crippen molar-refractivity contribution in [2.75, 3.05) is 11.9 Å². The minimum Gasteiger partial charge on any atom is -0.326 e. The van der Waals surface area contributed by atoms with E-state index in [1.807, 2.05) is 0 Å². The fourth-order valence-electron chi connectivity index (χ4n) is 2.12. The minimum atomic E-state index is -0.338. The Bertz CT molecular complexity index is 668. The minimum absolute atomic E-state index is 0.156. The Morgan fingerprint density at radius 1 is 1.37 bits per heavy atom. The van der Waals surface area contributed by atoms with Gasteiger partial charge in [0.1, 0.15) is 5.82 Å². The molecule has 2 aromatic rings. The first-order valence-electron chi connectivity index (χ1n) is 6.08. The smallest absolute Gasteiger partial charge is 0.257 e. The van der Waals surface area contributed by atoms with Crippen molar-refractivity contribution in [1.82, 2.24) is 15.3 Å². The van der Waals surface area contributed by atoms with E-state index in [2.05, 4.69) is 20.6 Å². The van der Waals surface area contributed by atoms with Crippen molar-refractivity contribution >= 4 is 11.6 Å². The van der Waals surface area contributed by atoms with Gasteiger partial charge in [-0.25, -0.2) is 9.37 Å². The number of halogens is 1. The standard InChI is InChI=1S/C13H13FN4O/c14-8-2-1-3-9(6-8)16-13-17-11-4-5-15-7-10(11)12(19)18-13/h1-3,6,15H,4-5,7H2,(H2,16,17,18,19). The van der Waals surface area contributed by atoms with E-state index >= 15 is 0 Å². The fraction of sp³-hybridized carbons (Fsp3) is 0.231. The van der Waals surface area contributed by atoms with Crippen LogP contribution < -0.4 is 16.2 Å². The lowest BCUT2D eigenvalue weighted by Crippen LogP contribution is -2.31. The number of nitrogens with zero attached hydrogens (tertiary/aromatic N) is 1. The predicted molar refractivity (Wildman–Crippen MR) is 70.0 cm³/mol. The molecule has 0 radical (unpaired) electrons. The summed E-state index contributed by atoms with van der Waals surface area (Å²) >= 11 is 0. The molecule has 0 fully saturated rings. The summed E-state index contributed by atoms with van der Waals surface area (Å²) in [6, 6.07) is 6.02. The monoisotopic (exact) mass is 260 g/mol. The van der Waals surface area contributed by atoms with E-state index in [1.165, 1.54) is 12.1 Å². The lowest BCUT2D eigenvalue weighted by molar-refractivity contribution is 0.621. The summed E-state index contributed by atoms with van der Waals surface area (Å²) in [6.07, 6.45) is 0.719. The average molecular weight is 260 g/mol. The SMILES string of the molecule is O=c1[nH]c(Nc2cccc(F)c2)nc2c1CNCC2. The molecular formula is C13H13FN4O. The molecule has 1 aromatic heterocycles. The Labute approximate surface area is 108 Å². The third kappa shape index (κ3) is 2.48. The van der Waals surface area contributed by atoms with Gasteiger partial charge in [-0.05, 0) is 18.2 Å². The lowest BCUT2D eigenvalue weighted by atomic mass is 10.1. The third-order valence-corrected chi connectivity index (χ3v) is 3.03. The first-order valence-corrected chi connectivity index (χ1v) is 6.08. The van der Waals surface area contributed by atoms with Gasteiger partial charge < -0.3 is 10.6 Å². The molecule has 0 saturated heterocycles. The molecule has 3 N–H and O–H groups in total. The normalized spacial score (nSPS) is 13.9. The second kappa shape index (κ2) is 4.81. The maximum absolute atomic E-state index is 13.1. The fourth-order valence-corrected chi connectivity index (χ4v) is 2.12. The number of rotatable bonds is 2. The van der Waals surface area contributed by atoms with Crippen LogP contribution in [0.3, 0.4) is 0 Å². The highest BCUT2D eigenvalue weighted by Crippen LogP contribution is 2.15. The molecule has 1 aromatic carbocycles. The Hall–Kier alpha value is -2.21. The summed E-state index contributed by atoms with van der Waals surface area (Å²) in [5.74, 6) is 0.00533. The van der Waals surface area contributed by atoms with Crippen molar-refractivity contribution in [3.8, 4) is 0 Å². The number of anilines is 2. The number of hydrogen-bond donors (Lipinski definition) is 3. The number of H-pyrrole nitrogens is 1. The van der Waals surface area contributed by atoms with Gasteiger partial charge in [0.05, 0.1) is 11.3 Å². The largest absolute Gasteiger partial charge is 0.326 e. The van der Waals surface area contributed by atoms with Crippen LogP contribution in [0.4, 0.5) is 16.0 Å². The summed E-state index contributed by atoms with van der Waals surface area (Å²) in [4.78, 5) is 18.9. The van der Waals surface area contributed by atoms with E-state index in [1.54, 1.807) is 12.1 Å². The highest BCUT2D eigenvalue weighted by molar-refractivity contribution is 5.53. The maximum atomic E-state index is 13.1. The first kappa shape index (κ1) is 11.9. The molecule has 0 unspecified atom stereocenters. The number of aromatic amines is 1. The van der Waals surface area contributed by atoms with Crippen LogP contribution in [0, 0.1) is 5.82 Å². The molecule has 0 bridgehead atoms. The second-order valence-electron chi connectivity index (χ2n) is 4.40. The molecule has 0 amide bonds. The first-order chi connectivity index (χ1) is 9.22. The van der Waals surface area contributed by atoms with Crippen LogP contribution in [-0.4, -0.2) is 16.5 Å². The summed E-state index contributed by atoms with van der Waals surface area (Å²) in [5.41, 5.74) is 1.87. The molecule has 1 aliphatic heterocycles. The van der Waals surface area contributed by atoms with Gasteiger partial charge >= 0.3 is 0 Å². The van der Waals surface area contributed by atoms with Crippen LogP contribution in [-0.2, 0) is 13.0 Å². The van der Waals surface area contributed by atoms with Gasteiger partial charge in [-0.15, -0.1) is 0 Å². The van der Waals surface area contributed by atoms with Crippen LogP contribution in [0.5, 0.6) is 0 Å². The van der Waals surface area contributed by atoms with Crippen LogP contribution in [0.2, 0.25) is 0 Å². The number of nitrogens with one attached hydrogen (secondary N) is 3. The molecule has 0 spiro atoms. The summed E-state index contributed by atoms with van der Waals surface area (Å²) in [5, 5.41) is 6.04. The Kier molecular flexibility index (Phi) is 3.00. The molecule has 0 atom stereocenters. The van der Waals surface area contributed by atoms with Gasteiger partial charge in [0.15, 0.2) is 0 Å². The molecule has 2 heterocycles. The van der Waals surface area contributed by atoms with E-state index in [4.69, 9.17) is 0 Å². The average Bonchev–Trinajstić information content (AvgIpc) is 2.39. The van der Waals surface area contributed by atoms with Gasteiger partial charge in [0, 0.05) is 25.2 Å². The number of aromatic nitrogens is 2. The molecule has 0 aliphatic carbocycles. The van der Waals surface area contributed by atoms with Crippen molar-refractivity contribution in [2.45, 2.75) is 13.0 Å². The van der Waals surface area contributed by atoms with E-state index in [-0.39, 0.29) is 11.4 Å². The van der Waals surface area contributed by atoms with Gasteiger partial charge in [0.25, 0.3) is 5.56 Å².